The van der Waals surface area contributed by atoms with Gasteiger partial charge in [-0.2, -0.15) is 5.10 Å². The summed E-state index contributed by atoms with van der Waals surface area (Å²) in [6.07, 6.45) is 3.44. The lowest BCUT2D eigenvalue weighted by Gasteiger charge is -2.05. The summed E-state index contributed by atoms with van der Waals surface area (Å²) in [6, 6.07) is 3.88. The molecule has 2 N–H and O–H groups in total. The van der Waals surface area contributed by atoms with Gasteiger partial charge in [-0.1, -0.05) is 11.6 Å². The van der Waals surface area contributed by atoms with Crippen LogP contribution in [0.1, 0.15) is 11.3 Å². The van der Waals surface area contributed by atoms with Crippen LogP contribution in [0.25, 0.3) is 0 Å². The van der Waals surface area contributed by atoms with Crippen molar-refractivity contribution in [2.45, 2.75) is 13.5 Å². The van der Waals surface area contributed by atoms with Gasteiger partial charge >= 0.3 is 0 Å². The molecular formula is C10H11ClN4. The van der Waals surface area contributed by atoms with E-state index in [0.717, 1.165) is 16.9 Å². The summed E-state index contributed by atoms with van der Waals surface area (Å²) in [5.41, 5.74) is 2.94. The number of anilines is 1. The van der Waals surface area contributed by atoms with Gasteiger partial charge in [0.2, 0.25) is 0 Å². The predicted molar refractivity (Wildman–Crippen MR) is 59.9 cm³/mol. The number of aryl methyl sites for hydroxylation is 1. The number of hydrogen-bond acceptors (Lipinski definition) is 3. The van der Waals surface area contributed by atoms with Crippen molar-refractivity contribution in [3.63, 3.8) is 0 Å². The number of H-pyrrole nitrogens is 1. The SMILES string of the molecule is Cc1cc(NCc2ccn[nH]2)cnc1Cl. The minimum atomic E-state index is 0.544. The van der Waals surface area contributed by atoms with Crippen molar-refractivity contribution in [2.24, 2.45) is 0 Å². The number of hydrogen-bond donors (Lipinski definition) is 2. The summed E-state index contributed by atoms with van der Waals surface area (Å²) >= 11 is 5.83. The van der Waals surface area contributed by atoms with E-state index in [1.165, 1.54) is 0 Å². The summed E-state index contributed by atoms with van der Waals surface area (Å²) in [7, 11) is 0. The van der Waals surface area contributed by atoms with Crippen molar-refractivity contribution in [1.82, 2.24) is 15.2 Å². The first-order valence-corrected chi connectivity index (χ1v) is 4.98. The maximum Gasteiger partial charge on any atom is 0.132 e. The molecule has 2 aromatic rings. The number of aromatic nitrogens is 3. The number of pyridine rings is 1. The van der Waals surface area contributed by atoms with E-state index in [0.29, 0.717) is 11.7 Å². The third kappa shape index (κ3) is 2.47. The van der Waals surface area contributed by atoms with E-state index in [1.54, 1.807) is 12.4 Å². The second-order valence-corrected chi connectivity index (χ2v) is 3.63. The Balaban J connectivity index is 2.02. The zero-order valence-corrected chi connectivity index (χ0v) is 9.04. The summed E-state index contributed by atoms with van der Waals surface area (Å²) < 4.78 is 0. The van der Waals surface area contributed by atoms with Crippen LogP contribution in [0.4, 0.5) is 5.69 Å². The van der Waals surface area contributed by atoms with Crippen LogP contribution in [0.3, 0.4) is 0 Å². The van der Waals surface area contributed by atoms with Crippen LogP contribution in [0, 0.1) is 6.92 Å². The average molecular weight is 223 g/mol. The van der Waals surface area contributed by atoms with Gasteiger partial charge < -0.3 is 5.32 Å². The zero-order chi connectivity index (χ0) is 10.7. The fourth-order valence-corrected chi connectivity index (χ4v) is 1.34. The monoisotopic (exact) mass is 222 g/mol. The minimum Gasteiger partial charge on any atom is -0.378 e. The van der Waals surface area contributed by atoms with Crippen LogP contribution >= 0.6 is 11.6 Å². The van der Waals surface area contributed by atoms with Crippen LogP contribution in [0.5, 0.6) is 0 Å². The Kier molecular flexibility index (Phi) is 2.87. The van der Waals surface area contributed by atoms with E-state index in [9.17, 15) is 0 Å². The van der Waals surface area contributed by atoms with Crippen molar-refractivity contribution in [1.29, 1.82) is 0 Å². The molecule has 0 aliphatic rings. The molecule has 5 heteroatoms. The van der Waals surface area contributed by atoms with Gasteiger partial charge in [0.25, 0.3) is 0 Å². The Morgan fingerprint density at radius 2 is 2.40 bits per heavy atom. The Hall–Kier alpha value is -1.55. The number of nitrogens with zero attached hydrogens (tertiary/aromatic N) is 2. The van der Waals surface area contributed by atoms with Gasteiger partial charge in [0.15, 0.2) is 0 Å². The van der Waals surface area contributed by atoms with Crippen LogP contribution in [0.15, 0.2) is 24.5 Å². The van der Waals surface area contributed by atoms with E-state index < -0.39 is 0 Å². The molecule has 0 unspecified atom stereocenters. The first-order valence-electron chi connectivity index (χ1n) is 4.60. The highest BCUT2D eigenvalue weighted by Crippen LogP contribution is 2.16. The zero-order valence-electron chi connectivity index (χ0n) is 8.29. The molecule has 2 aromatic heterocycles. The van der Waals surface area contributed by atoms with Crippen LogP contribution in [-0.4, -0.2) is 15.2 Å². The second-order valence-electron chi connectivity index (χ2n) is 3.27. The van der Waals surface area contributed by atoms with E-state index in [4.69, 9.17) is 11.6 Å². The van der Waals surface area contributed by atoms with Crippen LogP contribution in [0.2, 0.25) is 5.15 Å². The van der Waals surface area contributed by atoms with E-state index in [2.05, 4.69) is 20.5 Å². The van der Waals surface area contributed by atoms with Gasteiger partial charge in [-0.25, -0.2) is 4.98 Å². The Labute approximate surface area is 92.7 Å². The average Bonchev–Trinajstić information content (AvgIpc) is 2.73. The molecule has 0 aliphatic carbocycles. The molecule has 0 fully saturated rings. The Morgan fingerprint density at radius 3 is 3.07 bits per heavy atom. The van der Waals surface area contributed by atoms with E-state index in [-0.39, 0.29) is 0 Å². The number of nitrogens with one attached hydrogen (secondary N) is 2. The first-order chi connectivity index (χ1) is 7.25. The smallest absolute Gasteiger partial charge is 0.132 e. The standard InChI is InChI=1S/C10H11ClN4/c1-7-4-9(6-13-10(7)11)12-5-8-2-3-14-15-8/h2-4,6,12H,5H2,1H3,(H,14,15). The Morgan fingerprint density at radius 1 is 1.53 bits per heavy atom. The van der Waals surface area contributed by atoms with Gasteiger partial charge in [-0.05, 0) is 24.6 Å². The van der Waals surface area contributed by atoms with Gasteiger partial charge in [-0.15, -0.1) is 0 Å². The molecule has 2 heterocycles. The highest BCUT2D eigenvalue weighted by molar-refractivity contribution is 6.30. The lowest BCUT2D eigenvalue weighted by Crippen LogP contribution is -2.00. The second kappa shape index (κ2) is 4.31. The van der Waals surface area contributed by atoms with Crippen LogP contribution < -0.4 is 5.32 Å². The lowest BCUT2D eigenvalue weighted by atomic mass is 10.3. The summed E-state index contributed by atoms with van der Waals surface area (Å²) in [6.45, 7) is 2.62. The molecule has 0 saturated heterocycles. The molecule has 4 nitrogen and oxygen atoms in total. The maximum absolute atomic E-state index is 5.83. The predicted octanol–water partition coefficient (Wildman–Crippen LogP) is 2.38. The first kappa shape index (κ1) is 9.98. The van der Waals surface area contributed by atoms with Gasteiger partial charge in [0.05, 0.1) is 24.1 Å². The quantitative estimate of drug-likeness (QED) is 0.784. The maximum atomic E-state index is 5.83. The molecular weight excluding hydrogens is 212 g/mol. The summed E-state index contributed by atoms with van der Waals surface area (Å²) in [5.74, 6) is 0. The van der Waals surface area contributed by atoms with Crippen molar-refractivity contribution in [2.75, 3.05) is 5.32 Å². The summed E-state index contributed by atoms with van der Waals surface area (Å²) in [5, 5.41) is 10.5. The highest BCUT2D eigenvalue weighted by Gasteiger charge is 1.99. The normalized spacial score (nSPS) is 10.3. The van der Waals surface area contributed by atoms with Crippen molar-refractivity contribution < 1.29 is 0 Å². The molecule has 0 radical (unpaired) electrons. The topological polar surface area (TPSA) is 53.6 Å². The highest BCUT2D eigenvalue weighted by atomic mass is 35.5. The van der Waals surface area contributed by atoms with Gasteiger partial charge in [0, 0.05) is 6.20 Å². The van der Waals surface area contributed by atoms with Gasteiger partial charge in [-0.3, -0.25) is 5.10 Å². The third-order valence-corrected chi connectivity index (χ3v) is 2.45. The molecule has 0 bridgehead atoms. The molecule has 0 atom stereocenters. The molecule has 0 aliphatic heterocycles. The molecule has 2 rings (SSSR count). The molecule has 0 saturated carbocycles. The van der Waals surface area contributed by atoms with E-state index >= 15 is 0 Å². The third-order valence-electron chi connectivity index (χ3n) is 2.06. The Bertz CT molecular complexity index is 439. The number of aromatic amines is 1. The molecule has 15 heavy (non-hydrogen) atoms. The van der Waals surface area contributed by atoms with Gasteiger partial charge in [0.1, 0.15) is 5.15 Å². The van der Waals surface area contributed by atoms with E-state index in [1.807, 2.05) is 19.1 Å². The number of halogens is 1. The minimum absolute atomic E-state index is 0.544. The molecule has 0 amide bonds. The molecule has 0 aromatic carbocycles. The van der Waals surface area contributed by atoms with Crippen molar-refractivity contribution in [3.05, 3.63) is 40.9 Å². The summed E-state index contributed by atoms with van der Waals surface area (Å²) in [4.78, 5) is 4.06. The lowest BCUT2D eigenvalue weighted by molar-refractivity contribution is 0.979. The molecule has 0 spiro atoms. The molecule has 78 valence electrons. The largest absolute Gasteiger partial charge is 0.378 e. The van der Waals surface area contributed by atoms with Crippen molar-refractivity contribution >= 4 is 17.3 Å². The fraction of sp³-hybridized carbons (Fsp3) is 0.200. The number of rotatable bonds is 3. The van der Waals surface area contributed by atoms with Crippen molar-refractivity contribution in [3.8, 4) is 0 Å². The van der Waals surface area contributed by atoms with Crippen LogP contribution in [-0.2, 0) is 6.54 Å². The fourth-order valence-electron chi connectivity index (χ4n) is 1.24.